The molecule has 1 aromatic heterocycles. The van der Waals surface area contributed by atoms with Crippen LogP contribution in [0.2, 0.25) is 0 Å². The second-order valence-electron chi connectivity index (χ2n) is 9.97. The van der Waals surface area contributed by atoms with Crippen molar-refractivity contribution in [3.63, 3.8) is 0 Å². The zero-order valence-electron chi connectivity index (χ0n) is 19.1. The molecule has 0 bridgehead atoms. The van der Waals surface area contributed by atoms with Gasteiger partial charge in [0.25, 0.3) is 5.92 Å². The van der Waals surface area contributed by atoms with Crippen molar-refractivity contribution in [1.82, 2.24) is 4.98 Å². The molecule has 2 aromatic rings. The van der Waals surface area contributed by atoms with Gasteiger partial charge in [-0.3, -0.25) is 9.78 Å². The van der Waals surface area contributed by atoms with Gasteiger partial charge in [0, 0.05) is 30.0 Å². The number of cyclic esters (lactones) is 1. The molecular formula is C27H26F5NO2. The van der Waals surface area contributed by atoms with E-state index in [0.717, 1.165) is 12.1 Å². The van der Waals surface area contributed by atoms with Gasteiger partial charge < -0.3 is 4.74 Å². The van der Waals surface area contributed by atoms with Crippen LogP contribution in [0.1, 0.15) is 43.9 Å². The van der Waals surface area contributed by atoms with Crippen molar-refractivity contribution < 1.29 is 31.5 Å². The fraction of sp³-hybridized carbons (Fsp3) is 0.481. The Morgan fingerprint density at radius 2 is 1.94 bits per heavy atom. The molecule has 2 saturated carbocycles. The van der Waals surface area contributed by atoms with Crippen LogP contribution in [0, 0.1) is 29.6 Å². The number of carbonyl (C=O) groups excluding carboxylic acids is 1. The molecule has 0 radical (unpaired) electrons. The molecule has 2 heterocycles. The molecule has 0 N–H and O–H groups in total. The van der Waals surface area contributed by atoms with E-state index in [1.807, 2.05) is 13.0 Å². The molecule has 1 saturated heterocycles. The van der Waals surface area contributed by atoms with Gasteiger partial charge in [-0.1, -0.05) is 24.3 Å². The minimum Gasteiger partial charge on any atom is -0.462 e. The van der Waals surface area contributed by atoms with Crippen LogP contribution < -0.4 is 0 Å². The monoisotopic (exact) mass is 491 g/mol. The maximum Gasteiger partial charge on any atom is 0.416 e. The summed E-state index contributed by atoms with van der Waals surface area (Å²) in [6, 6.07) is 8.43. The predicted molar refractivity (Wildman–Crippen MR) is 120 cm³/mol. The molecule has 3 aliphatic rings. The van der Waals surface area contributed by atoms with Crippen LogP contribution in [-0.4, -0.2) is 23.0 Å². The van der Waals surface area contributed by atoms with E-state index in [1.165, 1.54) is 12.3 Å². The average molecular weight is 492 g/mol. The number of benzene rings is 1. The van der Waals surface area contributed by atoms with Crippen LogP contribution in [0.25, 0.3) is 17.2 Å². The summed E-state index contributed by atoms with van der Waals surface area (Å²) < 4.78 is 74.2. The van der Waals surface area contributed by atoms with Gasteiger partial charge in [-0.15, -0.1) is 0 Å². The Morgan fingerprint density at radius 1 is 1.14 bits per heavy atom. The van der Waals surface area contributed by atoms with Crippen LogP contribution in [0.4, 0.5) is 22.0 Å². The highest BCUT2D eigenvalue weighted by molar-refractivity contribution is 5.75. The maximum absolute atomic E-state index is 14.8. The maximum atomic E-state index is 14.8. The summed E-state index contributed by atoms with van der Waals surface area (Å²) in [5.74, 6) is -5.18. The van der Waals surface area contributed by atoms with Gasteiger partial charge in [-0.25, -0.2) is 8.78 Å². The fourth-order valence-electron chi connectivity index (χ4n) is 6.34. The highest BCUT2D eigenvalue weighted by Crippen LogP contribution is 2.57. The number of aromatic nitrogens is 1. The van der Waals surface area contributed by atoms with E-state index in [0.29, 0.717) is 29.7 Å². The number of allylic oxidation sites excluding steroid dienone is 1. The largest absolute Gasteiger partial charge is 0.462 e. The van der Waals surface area contributed by atoms with Gasteiger partial charge in [0.15, 0.2) is 0 Å². The van der Waals surface area contributed by atoms with E-state index in [-0.39, 0.29) is 42.7 Å². The highest BCUT2D eigenvalue weighted by Gasteiger charge is 2.60. The van der Waals surface area contributed by atoms with Crippen molar-refractivity contribution in [2.75, 3.05) is 0 Å². The van der Waals surface area contributed by atoms with E-state index in [2.05, 4.69) is 4.98 Å². The summed E-state index contributed by atoms with van der Waals surface area (Å²) >= 11 is 0. The van der Waals surface area contributed by atoms with Crippen molar-refractivity contribution in [2.24, 2.45) is 29.6 Å². The zero-order chi connectivity index (χ0) is 25.0. The number of esters is 1. The third-order valence-corrected chi connectivity index (χ3v) is 7.96. The summed E-state index contributed by atoms with van der Waals surface area (Å²) in [6.07, 6.45) is 1.54. The summed E-state index contributed by atoms with van der Waals surface area (Å²) in [5.41, 5.74) is 0.786. The molecule has 186 valence electrons. The topological polar surface area (TPSA) is 39.2 Å². The van der Waals surface area contributed by atoms with Crippen molar-refractivity contribution in [3.8, 4) is 11.1 Å². The Morgan fingerprint density at radius 3 is 2.66 bits per heavy atom. The Labute approximate surface area is 200 Å². The van der Waals surface area contributed by atoms with E-state index in [1.54, 1.807) is 24.3 Å². The van der Waals surface area contributed by atoms with Gasteiger partial charge in [0.1, 0.15) is 6.10 Å². The second-order valence-corrected chi connectivity index (χ2v) is 9.97. The van der Waals surface area contributed by atoms with Crippen LogP contribution >= 0.6 is 0 Å². The molecule has 3 fully saturated rings. The van der Waals surface area contributed by atoms with Gasteiger partial charge in [0.2, 0.25) is 0 Å². The number of nitrogens with zero attached hydrogens (tertiary/aromatic N) is 1. The number of ether oxygens (including phenoxy) is 1. The SMILES string of the molecule is C[C@H]1OC(=O)C2CC3C(CCCC3(F)F)[C@H](/C=C/c3ccc(-c4cccc(C(F)(F)F)c4)cn3)C21. The number of alkyl halides is 5. The number of rotatable bonds is 3. The van der Waals surface area contributed by atoms with E-state index < -0.39 is 29.5 Å². The van der Waals surface area contributed by atoms with Crippen LogP contribution in [0.15, 0.2) is 48.7 Å². The van der Waals surface area contributed by atoms with Crippen molar-refractivity contribution in [2.45, 2.75) is 50.8 Å². The predicted octanol–water partition coefficient (Wildman–Crippen LogP) is 7.03. The second kappa shape index (κ2) is 8.71. The molecule has 0 spiro atoms. The first-order valence-corrected chi connectivity index (χ1v) is 11.9. The van der Waals surface area contributed by atoms with Crippen molar-refractivity contribution in [3.05, 3.63) is 59.9 Å². The smallest absolute Gasteiger partial charge is 0.416 e. The standard InChI is InChI=1S/C27H26F5NO2/c1-15-24-21(20-6-3-11-26(28,29)23(20)13-22(24)25(34)35-15)10-9-19-8-7-17(14-33-19)16-4-2-5-18(12-16)27(30,31)32/h2,4-5,7-10,12,14-15,20-24H,3,6,11,13H2,1H3/b10-9+/t15-,20?,21+,22?,23?,24?/m1/s1. The first-order chi connectivity index (χ1) is 16.5. The van der Waals surface area contributed by atoms with Crippen molar-refractivity contribution in [1.29, 1.82) is 0 Å². The Balaban J connectivity index is 1.40. The van der Waals surface area contributed by atoms with Crippen molar-refractivity contribution >= 4 is 12.0 Å². The molecule has 6 atom stereocenters. The lowest BCUT2D eigenvalue weighted by atomic mass is 9.56. The summed E-state index contributed by atoms with van der Waals surface area (Å²) in [4.78, 5) is 16.8. The third kappa shape index (κ3) is 4.47. The number of hydrogen-bond acceptors (Lipinski definition) is 3. The molecular weight excluding hydrogens is 465 g/mol. The lowest BCUT2D eigenvalue weighted by Crippen LogP contribution is -2.50. The fourth-order valence-corrected chi connectivity index (χ4v) is 6.34. The highest BCUT2D eigenvalue weighted by atomic mass is 19.4. The summed E-state index contributed by atoms with van der Waals surface area (Å²) in [7, 11) is 0. The number of halogens is 5. The molecule has 1 aromatic carbocycles. The lowest BCUT2D eigenvalue weighted by molar-refractivity contribution is -0.154. The molecule has 2 aliphatic carbocycles. The number of hydrogen-bond donors (Lipinski definition) is 0. The lowest BCUT2D eigenvalue weighted by Gasteiger charge is -2.48. The van der Waals surface area contributed by atoms with Gasteiger partial charge >= 0.3 is 12.1 Å². The molecule has 5 rings (SSSR count). The normalized spacial score (nSPS) is 32.2. The first kappa shape index (κ1) is 23.9. The average Bonchev–Trinajstić information content (AvgIpc) is 3.10. The Bertz CT molecular complexity index is 1130. The third-order valence-electron chi connectivity index (χ3n) is 7.96. The van der Waals surface area contributed by atoms with Crippen LogP contribution in [-0.2, 0) is 15.7 Å². The minimum atomic E-state index is -4.43. The number of pyridine rings is 1. The number of fused-ring (bicyclic) bond motifs is 2. The summed E-state index contributed by atoms with van der Waals surface area (Å²) in [5, 5.41) is 0. The molecule has 4 unspecified atom stereocenters. The van der Waals surface area contributed by atoms with Crippen LogP contribution in [0.3, 0.4) is 0 Å². The Hall–Kier alpha value is -2.77. The quantitative estimate of drug-likeness (QED) is 0.342. The van der Waals surface area contributed by atoms with E-state index >= 15 is 0 Å². The number of carbonyl (C=O) groups is 1. The molecule has 8 heteroatoms. The van der Waals surface area contributed by atoms with Gasteiger partial charge in [0.05, 0.1) is 17.2 Å². The zero-order valence-corrected chi connectivity index (χ0v) is 19.1. The first-order valence-electron chi connectivity index (χ1n) is 11.9. The van der Waals surface area contributed by atoms with E-state index in [9.17, 15) is 26.7 Å². The van der Waals surface area contributed by atoms with E-state index in [4.69, 9.17) is 4.74 Å². The van der Waals surface area contributed by atoms with Gasteiger partial charge in [-0.05, 0) is 67.9 Å². The molecule has 0 amide bonds. The van der Waals surface area contributed by atoms with Crippen LogP contribution in [0.5, 0.6) is 0 Å². The molecule has 3 nitrogen and oxygen atoms in total. The van der Waals surface area contributed by atoms with Gasteiger partial charge in [-0.2, -0.15) is 13.2 Å². The Kier molecular flexibility index (Phi) is 5.96. The summed E-state index contributed by atoms with van der Waals surface area (Å²) in [6.45, 7) is 1.83. The molecule has 1 aliphatic heterocycles. The molecule has 35 heavy (non-hydrogen) atoms. The minimum absolute atomic E-state index is 0.148.